The van der Waals surface area contributed by atoms with Crippen molar-refractivity contribution in [3.8, 4) is 17.2 Å². The molecule has 13 aromatic rings. The molecule has 2 aliphatic heterocycles. The molecule has 6 heterocycles. The first kappa shape index (κ1) is 106. The lowest BCUT2D eigenvalue weighted by atomic mass is 10.0. The van der Waals surface area contributed by atoms with Crippen LogP contribution >= 0.6 is 22.9 Å². The Balaban J connectivity index is 0.000000177. The lowest BCUT2D eigenvalue weighted by Gasteiger charge is -2.34. The van der Waals surface area contributed by atoms with Crippen LogP contribution in [0.1, 0.15) is 133 Å². The van der Waals surface area contributed by atoms with Gasteiger partial charge in [0.05, 0.1) is 48.4 Å². The van der Waals surface area contributed by atoms with Crippen molar-refractivity contribution in [1.29, 1.82) is 0 Å². The number of imidazole rings is 1. The third-order valence-electron chi connectivity index (χ3n) is 22.0. The van der Waals surface area contributed by atoms with Gasteiger partial charge in [-0.1, -0.05) is 201 Å². The summed E-state index contributed by atoms with van der Waals surface area (Å²) < 4.78 is 84.8. The number of pyridine rings is 2. The van der Waals surface area contributed by atoms with E-state index in [0.717, 1.165) is 128 Å². The number of nitrogens with two attached hydrogens (primary N) is 3. The molecule has 5 atom stereocenters. The van der Waals surface area contributed by atoms with Gasteiger partial charge >= 0.3 is 11.1 Å². The summed E-state index contributed by atoms with van der Waals surface area (Å²) in [5.74, 6) is -1.66. The molecule has 5 unspecified atom stereocenters. The number of aromatic amines is 1. The Morgan fingerprint density at radius 1 is 0.701 bits per heavy atom. The van der Waals surface area contributed by atoms with Crippen LogP contribution in [-0.4, -0.2) is 162 Å². The van der Waals surface area contributed by atoms with Gasteiger partial charge in [-0.2, -0.15) is 4.98 Å². The number of ether oxygens (including phenoxy) is 3. The number of primary amides is 2. The number of fused-ring (bicyclic) bond motifs is 3. The summed E-state index contributed by atoms with van der Waals surface area (Å²) >= 11 is 4.02. The van der Waals surface area contributed by atoms with Crippen molar-refractivity contribution >= 4 is 113 Å². The Morgan fingerprint density at radius 2 is 1.25 bits per heavy atom. The molecule has 31 heteroatoms. The number of likely N-dealkylation sites (N-methyl/N-ethyl adjacent to an activating group) is 1. The topological polar surface area (TPSA) is 361 Å². The van der Waals surface area contributed by atoms with Gasteiger partial charge in [0.1, 0.15) is 40.9 Å². The fourth-order valence-corrected chi connectivity index (χ4v) is 20.2. The summed E-state index contributed by atoms with van der Waals surface area (Å²) in [6.45, 7) is 29.4. The number of piperazine rings is 1. The molecule has 3 amide bonds. The number of amides is 3. The summed E-state index contributed by atoms with van der Waals surface area (Å²) in [7, 11) is 3.23. The van der Waals surface area contributed by atoms with Crippen LogP contribution in [0, 0.1) is 53.2 Å². The van der Waals surface area contributed by atoms with Crippen LogP contribution in [0.3, 0.4) is 0 Å². The van der Waals surface area contributed by atoms with E-state index < -0.39 is 73.9 Å². The molecular formula is C103H121ClF2N12O12S4. The maximum Gasteiger partial charge on any atom is 0.341 e. The molecule has 15 rings (SSSR count). The van der Waals surface area contributed by atoms with Gasteiger partial charge in [0.15, 0.2) is 33.6 Å². The fraction of sp³-hybridized carbons (Fsp3) is 0.311. The Bertz CT molecular complexity index is 5830. The predicted octanol–water partition coefficient (Wildman–Crippen LogP) is 17.3. The molecular weight excluding hydrogens is 1800 g/mol. The SMILES string of the molecule is CCN(CC)CC(=O)Nc1c(C)cccc1C.CCn1cc(C(=O)O)c(=O)c2cc(F)c(N3CCNC(C)C3)c(F)c21.COc1ccc2[nH]c([S+]([O-])Cc3ncc(C)c(OC)c3C)nc2c1.Cc1cccc(C)c1OCC(C)N.Clc1ccccc1CN1CCc2sccc2C1.NC(=O)C[S+]([O-])C(c1ccccc1)c1ccccc1.NC(=O)C[S+]([O-])C(c1ccccc1)c1ccccc1. The molecule has 0 saturated carbocycles. The van der Waals surface area contributed by atoms with Crippen LogP contribution in [0.5, 0.6) is 17.2 Å². The summed E-state index contributed by atoms with van der Waals surface area (Å²) in [5, 5.41) is 18.0. The number of nitrogens with zero attached hydrogens (tertiary/aromatic N) is 6. The van der Waals surface area contributed by atoms with Gasteiger partial charge in [0, 0.05) is 137 Å². The van der Waals surface area contributed by atoms with Crippen LogP contribution in [0.2, 0.25) is 5.02 Å². The third kappa shape index (κ3) is 30.5. The van der Waals surface area contributed by atoms with E-state index in [1.807, 2.05) is 255 Å². The summed E-state index contributed by atoms with van der Waals surface area (Å²) in [4.78, 5) is 77.1. The van der Waals surface area contributed by atoms with Crippen LogP contribution in [0.25, 0.3) is 21.9 Å². The van der Waals surface area contributed by atoms with Crippen molar-refractivity contribution in [2.45, 2.75) is 136 Å². The number of thiophene rings is 1. The molecule has 0 spiro atoms. The third-order valence-corrected chi connectivity index (χ3v) is 27.9. The Hall–Kier alpha value is -11.5. The second kappa shape index (κ2) is 53.0. The van der Waals surface area contributed by atoms with Gasteiger partial charge in [-0.25, -0.2) is 13.6 Å². The molecule has 4 aromatic heterocycles. The molecule has 0 bridgehead atoms. The number of hydrogen-bond acceptors (Lipinski definition) is 19. The van der Waals surface area contributed by atoms with E-state index in [0.29, 0.717) is 43.7 Å². The molecule has 0 aliphatic carbocycles. The van der Waals surface area contributed by atoms with Gasteiger partial charge in [-0.15, -0.1) is 11.3 Å². The number of halogens is 3. The maximum absolute atomic E-state index is 15.2. The second-order valence-corrected chi connectivity index (χ2v) is 38.1. The number of carboxylic acid groups (broad SMARTS) is 1. The van der Waals surface area contributed by atoms with E-state index in [9.17, 15) is 42.0 Å². The van der Waals surface area contributed by atoms with Crippen molar-refractivity contribution in [2.75, 3.05) is 88.4 Å². The highest BCUT2D eigenvalue weighted by Crippen LogP contribution is 2.36. The molecule has 710 valence electrons. The largest absolute Gasteiger partial charge is 0.615 e. The first-order valence-corrected chi connectivity index (χ1v) is 49.3. The van der Waals surface area contributed by atoms with Crippen LogP contribution in [-0.2, 0) is 79.7 Å². The highest BCUT2D eigenvalue weighted by molar-refractivity contribution is 7.92. The molecule has 134 heavy (non-hydrogen) atoms. The van der Waals surface area contributed by atoms with Gasteiger partial charge in [-0.05, 0) is 173 Å². The Labute approximate surface area is 802 Å². The van der Waals surface area contributed by atoms with E-state index in [2.05, 4.69) is 72.8 Å². The number of carboxylic acids is 1. The number of carbonyl (C=O) groups excluding carboxylic acids is 3. The highest BCUT2D eigenvalue weighted by atomic mass is 35.5. The van der Waals surface area contributed by atoms with Crippen molar-refractivity contribution in [2.24, 2.45) is 17.2 Å². The van der Waals surface area contributed by atoms with Crippen LogP contribution < -0.4 is 52.4 Å². The fourth-order valence-electron chi connectivity index (χ4n) is 15.3. The number of para-hydroxylation sites is 2. The molecule has 0 radical (unpaired) electrons. The highest BCUT2D eigenvalue weighted by Gasteiger charge is 2.32. The zero-order chi connectivity index (χ0) is 97.2. The average molecular weight is 1920 g/mol. The van der Waals surface area contributed by atoms with E-state index in [-0.39, 0.29) is 68.9 Å². The molecule has 24 nitrogen and oxygen atoms in total. The number of hydrogen-bond donors (Lipinski definition) is 7. The van der Waals surface area contributed by atoms with Gasteiger partial charge in [0.25, 0.3) is 11.8 Å². The minimum atomic E-state index is -1.42. The van der Waals surface area contributed by atoms with Gasteiger partial charge in [0.2, 0.25) is 11.3 Å². The quantitative estimate of drug-likeness (QED) is 0.0224. The number of rotatable bonds is 28. The van der Waals surface area contributed by atoms with Crippen LogP contribution in [0.4, 0.5) is 20.2 Å². The van der Waals surface area contributed by atoms with Gasteiger partial charge in [-0.3, -0.25) is 38.9 Å². The molecule has 9 aromatic carbocycles. The number of nitrogens with one attached hydrogen (secondary N) is 3. The number of aromatic nitrogens is 4. The lowest BCUT2D eigenvalue weighted by Crippen LogP contribution is -2.49. The first-order chi connectivity index (χ1) is 64.3. The molecule has 1 saturated heterocycles. The minimum absolute atomic E-state index is 0.0612. The summed E-state index contributed by atoms with van der Waals surface area (Å²) in [5.41, 5.74) is 30.4. The number of aromatic carboxylic acids is 1. The standard InChI is InChI=1S/C17H19F2N3O3.C17H19N3O3S.2C15H15NO2S.C14H14ClNS.C14H22N2O.C11H17NO/c1-3-21-8-11(17(24)25)16(23)10-6-12(18)15(13(19)14(10)21)22-5-4-20-9(2)7-22;1-10-8-18-15(11(2)16(10)23-4)9-24(21)17-19-13-6-5-12(22-3)7-14(13)20-17;2*16-14(17)11-19(18)15(12-7-3-1-4-8-12)13-9-5-2-6-10-13;15-13-4-2-1-3-11(13)9-16-7-5-14-12(10-16)6-8-17-14;1-5-16(6-2)10-13(17)15-14-11(3)8-7-9-12(14)4;1-8-5-4-6-9(2)11(8)13-7-10(3)12/h6,8-9,20H,3-5,7H2,1-2H3,(H,24,25);5-8H,9H2,1-4H3,(H,19,20);2*1-10,15H,11H2,(H2,16,17);1-4,6,8H,5,7,9-10H2;7-9H,5-6,10H2,1-4H3,(H,15,17);4-6,10H,7,12H2,1-3H3. The molecule has 10 N–H and O–H groups in total. The zero-order valence-corrected chi connectivity index (χ0v) is 82.0. The van der Waals surface area contributed by atoms with Crippen LogP contribution in [0.15, 0.2) is 240 Å². The number of methoxy groups -OCH3 is 2. The summed E-state index contributed by atoms with van der Waals surface area (Å²) in [6.07, 6.45) is 4.03. The molecule has 1 fully saturated rings. The van der Waals surface area contributed by atoms with E-state index in [1.54, 1.807) is 37.1 Å². The molecule has 2 aliphatic rings. The zero-order valence-electron chi connectivity index (χ0n) is 78.0. The lowest BCUT2D eigenvalue weighted by molar-refractivity contribution is -0.117. The van der Waals surface area contributed by atoms with Crippen molar-refractivity contribution in [3.05, 3.63) is 340 Å². The van der Waals surface area contributed by atoms with E-state index in [1.165, 1.54) is 33.2 Å². The predicted molar refractivity (Wildman–Crippen MR) is 538 cm³/mol. The Kier molecular flexibility index (Phi) is 42.0. The summed E-state index contributed by atoms with van der Waals surface area (Å²) in [6, 6.07) is 67.2. The monoisotopic (exact) mass is 1920 g/mol. The van der Waals surface area contributed by atoms with Crippen molar-refractivity contribution in [3.63, 3.8) is 0 Å². The average Bonchev–Trinajstić information content (AvgIpc) is 0.972. The van der Waals surface area contributed by atoms with E-state index in [4.69, 9.17) is 48.1 Å². The Morgan fingerprint density at radius 3 is 1.75 bits per heavy atom. The van der Waals surface area contributed by atoms with Crippen molar-refractivity contribution in [1.82, 2.24) is 34.6 Å². The normalized spacial score (nSPS) is 13.6. The van der Waals surface area contributed by atoms with Gasteiger partial charge < -0.3 is 70.3 Å². The number of anilines is 2. The smallest absolute Gasteiger partial charge is 0.341 e. The second-order valence-electron chi connectivity index (χ2n) is 32.2. The maximum atomic E-state index is 15.2. The van der Waals surface area contributed by atoms with Crippen molar-refractivity contribution < 1.29 is 60.9 Å². The number of benzene rings is 9. The van der Waals surface area contributed by atoms with E-state index >= 15 is 4.39 Å². The number of H-pyrrole nitrogens is 1. The number of aryl methyl sites for hydroxylation is 6. The minimum Gasteiger partial charge on any atom is -0.615 e. The first-order valence-electron chi connectivity index (χ1n) is 44.0. The number of carbonyl (C=O) groups is 4.